The molecular weight excluding hydrogens is 246 g/mol. The minimum absolute atomic E-state index is 0.0295. The van der Waals surface area contributed by atoms with Crippen LogP contribution in [0.3, 0.4) is 0 Å². The quantitative estimate of drug-likeness (QED) is 0.814. The first-order valence-electron chi connectivity index (χ1n) is 7.00. The minimum Gasteiger partial charge on any atom is -0.311 e. The first kappa shape index (κ1) is 14.3. The number of amides is 1. The summed E-state index contributed by atoms with van der Waals surface area (Å²) in [6, 6.07) is 17.6. The lowest BCUT2D eigenvalue weighted by Gasteiger charge is -2.18. The van der Waals surface area contributed by atoms with Crippen LogP contribution in [0.4, 0.5) is 5.69 Å². The van der Waals surface area contributed by atoms with Gasteiger partial charge in [-0.05, 0) is 42.2 Å². The van der Waals surface area contributed by atoms with Crippen LogP contribution in [0.1, 0.15) is 29.8 Å². The average molecular weight is 267 g/mol. The van der Waals surface area contributed by atoms with Gasteiger partial charge in [0.05, 0.1) is 0 Å². The first-order valence-corrected chi connectivity index (χ1v) is 7.00. The van der Waals surface area contributed by atoms with Gasteiger partial charge in [-0.3, -0.25) is 4.79 Å². The number of anilines is 1. The van der Waals surface area contributed by atoms with E-state index < -0.39 is 0 Å². The molecule has 2 rings (SSSR count). The van der Waals surface area contributed by atoms with Gasteiger partial charge < -0.3 is 4.90 Å². The fraction of sp³-hybridized carbons (Fsp3) is 0.278. The summed E-state index contributed by atoms with van der Waals surface area (Å²) < 4.78 is 0. The van der Waals surface area contributed by atoms with Crippen molar-refractivity contribution < 1.29 is 4.79 Å². The van der Waals surface area contributed by atoms with Crippen LogP contribution < -0.4 is 4.90 Å². The standard InChI is InChI=1S/C18H21NO/c1-14(2)12-15-8-7-9-16(13-15)18(20)19(3)17-10-5-4-6-11-17/h4-11,13-14H,12H2,1-3H3. The van der Waals surface area contributed by atoms with E-state index in [1.165, 1.54) is 5.56 Å². The number of para-hydroxylation sites is 1. The van der Waals surface area contributed by atoms with Crippen LogP contribution in [0.5, 0.6) is 0 Å². The lowest BCUT2D eigenvalue weighted by molar-refractivity contribution is 0.0993. The van der Waals surface area contributed by atoms with E-state index in [0.717, 1.165) is 17.7 Å². The molecule has 2 heteroatoms. The lowest BCUT2D eigenvalue weighted by Crippen LogP contribution is -2.26. The van der Waals surface area contributed by atoms with Gasteiger partial charge >= 0.3 is 0 Å². The maximum absolute atomic E-state index is 12.5. The number of hydrogen-bond donors (Lipinski definition) is 0. The Hall–Kier alpha value is -2.09. The maximum Gasteiger partial charge on any atom is 0.258 e. The zero-order valence-corrected chi connectivity index (χ0v) is 12.3. The van der Waals surface area contributed by atoms with E-state index in [9.17, 15) is 4.79 Å². The zero-order valence-electron chi connectivity index (χ0n) is 12.3. The Morgan fingerprint density at radius 3 is 2.40 bits per heavy atom. The van der Waals surface area contributed by atoms with Crippen LogP contribution in [0.15, 0.2) is 54.6 Å². The van der Waals surface area contributed by atoms with Gasteiger partial charge in [-0.15, -0.1) is 0 Å². The van der Waals surface area contributed by atoms with Crippen molar-refractivity contribution in [2.24, 2.45) is 5.92 Å². The second-order valence-corrected chi connectivity index (χ2v) is 5.50. The van der Waals surface area contributed by atoms with Crippen molar-refractivity contribution >= 4 is 11.6 Å². The van der Waals surface area contributed by atoms with Crippen molar-refractivity contribution in [2.45, 2.75) is 20.3 Å². The molecule has 104 valence electrons. The van der Waals surface area contributed by atoms with E-state index in [-0.39, 0.29) is 5.91 Å². The molecule has 0 spiro atoms. The predicted octanol–water partition coefficient (Wildman–Crippen LogP) is 4.16. The fourth-order valence-electron chi connectivity index (χ4n) is 2.27. The van der Waals surface area contributed by atoms with Crippen LogP contribution >= 0.6 is 0 Å². The van der Waals surface area contributed by atoms with Crippen molar-refractivity contribution in [3.63, 3.8) is 0 Å². The second-order valence-electron chi connectivity index (χ2n) is 5.50. The topological polar surface area (TPSA) is 20.3 Å². The molecule has 0 fully saturated rings. The number of benzene rings is 2. The van der Waals surface area contributed by atoms with Gasteiger partial charge in [0.1, 0.15) is 0 Å². The molecule has 2 nitrogen and oxygen atoms in total. The van der Waals surface area contributed by atoms with Gasteiger partial charge in [0.2, 0.25) is 0 Å². The highest BCUT2D eigenvalue weighted by atomic mass is 16.2. The largest absolute Gasteiger partial charge is 0.311 e. The molecule has 0 radical (unpaired) electrons. The van der Waals surface area contributed by atoms with E-state index in [2.05, 4.69) is 19.9 Å². The predicted molar refractivity (Wildman–Crippen MR) is 84.2 cm³/mol. The Morgan fingerprint density at radius 2 is 1.75 bits per heavy atom. The molecule has 0 atom stereocenters. The van der Waals surface area contributed by atoms with Gasteiger partial charge in [0.15, 0.2) is 0 Å². The van der Waals surface area contributed by atoms with Crippen molar-refractivity contribution in [3.8, 4) is 0 Å². The fourth-order valence-corrected chi connectivity index (χ4v) is 2.27. The summed E-state index contributed by atoms with van der Waals surface area (Å²) in [7, 11) is 1.81. The molecule has 0 aliphatic rings. The van der Waals surface area contributed by atoms with E-state index in [1.54, 1.807) is 4.90 Å². The van der Waals surface area contributed by atoms with Gasteiger partial charge in [-0.25, -0.2) is 0 Å². The number of nitrogens with zero attached hydrogens (tertiary/aromatic N) is 1. The summed E-state index contributed by atoms with van der Waals surface area (Å²) in [6.45, 7) is 4.37. The molecule has 2 aromatic carbocycles. The van der Waals surface area contributed by atoms with E-state index in [4.69, 9.17) is 0 Å². The molecule has 0 aliphatic carbocycles. The Bertz CT molecular complexity index is 575. The maximum atomic E-state index is 12.5. The molecular formula is C18H21NO. The Kier molecular flexibility index (Phi) is 4.57. The van der Waals surface area contributed by atoms with Gasteiger partial charge in [0.25, 0.3) is 5.91 Å². The monoisotopic (exact) mass is 267 g/mol. The van der Waals surface area contributed by atoms with Crippen LogP contribution in [0, 0.1) is 5.92 Å². The summed E-state index contributed by atoms with van der Waals surface area (Å²) in [5, 5.41) is 0. The highest BCUT2D eigenvalue weighted by Crippen LogP contribution is 2.16. The summed E-state index contributed by atoms with van der Waals surface area (Å²) >= 11 is 0. The molecule has 1 amide bonds. The van der Waals surface area contributed by atoms with Crippen LogP contribution in [-0.2, 0) is 6.42 Å². The second kappa shape index (κ2) is 6.38. The Morgan fingerprint density at radius 1 is 1.05 bits per heavy atom. The summed E-state index contributed by atoms with van der Waals surface area (Å²) in [4.78, 5) is 14.2. The summed E-state index contributed by atoms with van der Waals surface area (Å²) in [5.74, 6) is 0.619. The molecule has 0 unspecified atom stereocenters. The van der Waals surface area contributed by atoms with Crippen LogP contribution in [0.25, 0.3) is 0 Å². The number of carbonyl (C=O) groups excluding carboxylic acids is 1. The van der Waals surface area contributed by atoms with Crippen LogP contribution in [-0.4, -0.2) is 13.0 Å². The molecule has 0 bridgehead atoms. The van der Waals surface area contributed by atoms with Gasteiger partial charge in [0, 0.05) is 18.3 Å². The van der Waals surface area contributed by atoms with Crippen LogP contribution in [0.2, 0.25) is 0 Å². The summed E-state index contributed by atoms with van der Waals surface area (Å²) in [5.41, 5.74) is 2.87. The lowest BCUT2D eigenvalue weighted by atomic mass is 10.0. The average Bonchev–Trinajstić information content (AvgIpc) is 2.46. The third kappa shape index (κ3) is 3.47. The molecule has 0 saturated carbocycles. The van der Waals surface area contributed by atoms with Gasteiger partial charge in [-0.1, -0.05) is 44.2 Å². The minimum atomic E-state index is 0.0295. The first-order chi connectivity index (χ1) is 9.58. The van der Waals surface area contributed by atoms with Crippen molar-refractivity contribution in [3.05, 3.63) is 65.7 Å². The third-order valence-electron chi connectivity index (χ3n) is 3.27. The Balaban J connectivity index is 2.21. The normalized spacial score (nSPS) is 10.6. The molecule has 2 aromatic rings. The molecule has 0 aromatic heterocycles. The number of carbonyl (C=O) groups is 1. The summed E-state index contributed by atoms with van der Waals surface area (Å²) in [6.07, 6.45) is 0.996. The highest BCUT2D eigenvalue weighted by molar-refractivity contribution is 6.05. The van der Waals surface area contributed by atoms with E-state index >= 15 is 0 Å². The SMILES string of the molecule is CC(C)Cc1cccc(C(=O)N(C)c2ccccc2)c1. The van der Waals surface area contributed by atoms with Gasteiger partial charge in [-0.2, -0.15) is 0 Å². The smallest absolute Gasteiger partial charge is 0.258 e. The number of rotatable bonds is 4. The van der Waals surface area contributed by atoms with Crippen molar-refractivity contribution in [1.82, 2.24) is 0 Å². The molecule has 0 aliphatic heterocycles. The molecule has 20 heavy (non-hydrogen) atoms. The van der Waals surface area contributed by atoms with Crippen molar-refractivity contribution in [1.29, 1.82) is 0 Å². The molecule has 0 heterocycles. The van der Waals surface area contributed by atoms with Crippen molar-refractivity contribution in [2.75, 3.05) is 11.9 Å². The Labute approximate surface area is 121 Å². The molecule has 0 N–H and O–H groups in total. The third-order valence-corrected chi connectivity index (χ3v) is 3.27. The molecule has 0 saturated heterocycles. The van der Waals surface area contributed by atoms with E-state index in [0.29, 0.717) is 5.92 Å². The number of hydrogen-bond acceptors (Lipinski definition) is 1. The van der Waals surface area contributed by atoms with E-state index in [1.807, 2.05) is 55.6 Å². The highest BCUT2D eigenvalue weighted by Gasteiger charge is 2.13. The zero-order chi connectivity index (χ0) is 14.5.